The Hall–Kier alpha value is 2.04. The van der Waals surface area contributed by atoms with E-state index in [9.17, 15) is 9.13 Å². The van der Waals surface area contributed by atoms with E-state index in [1.165, 1.54) is 0 Å². The van der Waals surface area contributed by atoms with Gasteiger partial charge in [0.1, 0.15) is 0 Å². The van der Waals surface area contributed by atoms with Crippen molar-refractivity contribution in [2.75, 3.05) is 0 Å². The van der Waals surface area contributed by atoms with Gasteiger partial charge < -0.3 is 22.4 Å². The third-order valence-electron chi connectivity index (χ3n) is 0.213. The first kappa shape index (κ1) is 23.7. The van der Waals surface area contributed by atoms with E-state index in [4.69, 9.17) is 19.6 Å². The van der Waals surface area contributed by atoms with Crippen molar-refractivity contribution in [2.45, 2.75) is 0 Å². The molecule has 0 aromatic rings. The maximum absolute atomic E-state index is 9.63. The van der Waals surface area contributed by atoms with Crippen molar-refractivity contribution in [3.63, 3.8) is 0 Å². The molecule has 1 radical (unpaired) electrons. The zero-order chi connectivity index (χ0) is 7.71. The summed E-state index contributed by atoms with van der Waals surface area (Å²) < 4.78 is 22.2. The summed E-state index contributed by atoms with van der Waals surface area (Å²) in [5.74, 6) is 0. The molecule has 12 heteroatoms. The molecule has 0 aliphatic rings. The van der Waals surface area contributed by atoms with E-state index in [0.717, 1.165) is 0 Å². The van der Waals surface area contributed by atoms with Crippen LogP contribution >= 0.6 is 15.6 Å². The van der Waals surface area contributed by atoms with Gasteiger partial charge in [0.05, 0.1) is 0 Å². The molecule has 0 aliphatic heterocycles. The fourth-order valence-corrected chi connectivity index (χ4v) is 1.25. The summed E-state index contributed by atoms with van der Waals surface area (Å²) in [4.78, 5) is 31.0. The van der Waals surface area contributed by atoms with E-state index in [2.05, 4.69) is 4.31 Å². The van der Waals surface area contributed by atoms with Crippen LogP contribution in [0, 0.1) is 0 Å². The zero-order valence-corrected chi connectivity index (χ0v) is 9.54. The van der Waals surface area contributed by atoms with Crippen LogP contribution in [-0.4, -0.2) is 19.6 Å². The van der Waals surface area contributed by atoms with Crippen molar-refractivity contribution in [1.82, 2.24) is 0 Å². The fraction of sp³-hybridized carbons (Fsp3) is 0. The molecule has 0 fully saturated rings. The predicted molar refractivity (Wildman–Crippen MR) is 27.4 cm³/mol. The second-order valence-corrected chi connectivity index (χ2v) is 3.68. The second-order valence-electron chi connectivity index (χ2n) is 1.06. The normalized spacial score (nSPS) is 10.3. The Labute approximate surface area is 107 Å². The average molecular weight is 245 g/mol. The summed E-state index contributed by atoms with van der Waals surface area (Å²) in [6.45, 7) is 0. The standard InChI is InChI=1S/2Li.H4O7P2.V.2H/c;;1-8(2,3)7-9(4,5)6;;;/h;;(H2,1,2,3)(H2,4,5,6);;;/q2*+1;;;2*-1. The van der Waals surface area contributed by atoms with Crippen molar-refractivity contribution < 1.29 is 92.1 Å². The summed E-state index contributed by atoms with van der Waals surface area (Å²) in [6, 6.07) is 0. The first-order chi connectivity index (χ1) is 3.71. The topological polar surface area (TPSA) is 124 Å². The molecule has 0 aromatic carbocycles. The summed E-state index contributed by atoms with van der Waals surface area (Å²) in [5, 5.41) is 0. The maximum Gasteiger partial charge on any atom is 1.00 e. The largest absolute Gasteiger partial charge is 1.00 e. The van der Waals surface area contributed by atoms with Gasteiger partial charge in [-0.3, -0.25) is 0 Å². The average Bonchev–Trinajstić information content (AvgIpc) is 1.14. The van der Waals surface area contributed by atoms with Crippen molar-refractivity contribution in [3.05, 3.63) is 0 Å². The number of rotatable bonds is 2. The molecule has 0 spiro atoms. The van der Waals surface area contributed by atoms with Gasteiger partial charge in [-0.15, -0.1) is 0 Å². The molecule has 0 amide bonds. The Morgan fingerprint density at radius 3 is 1.08 bits per heavy atom. The quantitative estimate of drug-likeness (QED) is 0.281. The van der Waals surface area contributed by atoms with Gasteiger partial charge in [-0.25, -0.2) is 9.13 Å². The zero-order valence-electron chi connectivity index (χ0n) is 8.36. The second kappa shape index (κ2) is 8.36. The van der Waals surface area contributed by atoms with Crippen LogP contribution in [0.1, 0.15) is 2.85 Å². The Morgan fingerprint density at radius 2 is 1.08 bits per heavy atom. The SMILES string of the molecule is O=P(O)(O)OP(=O)(O)O.[H-].[H-].[Li+].[Li+].[V]. The molecule has 0 rings (SSSR count). The molecule has 0 atom stereocenters. The Kier molecular flexibility index (Phi) is 16.5. The van der Waals surface area contributed by atoms with E-state index in [-0.39, 0.29) is 59.1 Å². The minimum Gasteiger partial charge on any atom is -1.00 e. The van der Waals surface area contributed by atoms with E-state index in [1.807, 2.05) is 0 Å². The predicted octanol–water partition coefficient (Wildman–Crippen LogP) is -6.58. The van der Waals surface area contributed by atoms with Crippen LogP contribution in [0.5, 0.6) is 0 Å². The van der Waals surface area contributed by atoms with Crippen LogP contribution in [0.15, 0.2) is 0 Å². The van der Waals surface area contributed by atoms with Gasteiger partial charge in [0, 0.05) is 18.6 Å². The minimum atomic E-state index is -5.05. The van der Waals surface area contributed by atoms with E-state index in [0.29, 0.717) is 0 Å². The van der Waals surface area contributed by atoms with Crippen LogP contribution in [0.2, 0.25) is 0 Å². The first-order valence-corrected chi connectivity index (χ1v) is 4.59. The Balaban J connectivity index is -0.0000000320. The molecule has 0 saturated heterocycles. The fourth-order valence-electron chi connectivity index (χ4n) is 0.139. The van der Waals surface area contributed by atoms with E-state index < -0.39 is 15.6 Å². The molecular weight excluding hydrogens is 239 g/mol. The Morgan fingerprint density at radius 1 is 0.917 bits per heavy atom. The summed E-state index contributed by atoms with van der Waals surface area (Å²) >= 11 is 0. The molecule has 0 aliphatic carbocycles. The number of hydrogen-bond donors (Lipinski definition) is 4. The smallest absolute Gasteiger partial charge is 1.00 e. The molecule has 0 unspecified atom stereocenters. The van der Waals surface area contributed by atoms with Gasteiger partial charge in [0.15, 0.2) is 0 Å². The summed E-state index contributed by atoms with van der Waals surface area (Å²) in [7, 11) is -10.1. The van der Waals surface area contributed by atoms with E-state index >= 15 is 0 Å². The van der Waals surface area contributed by atoms with Gasteiger partial charge in [0.2, 0.25) is 0 Å². The Bertz CT molecular complexity index is 168. The van der Waals surface area contributed by atoms with Crippen LogP contribution in [0.4, 0.5) is 0 Å². The molecule has 0 bridgehead atoms. The summed E-state index contributed by atoms with van der Waals surface area (Å²) in [6.07, 6.45) is 0. The molecule has 65 valence electrons. The molecular formula is H6Li2O7P2V. The molecule has 0 heterocycles. The molecule has 4 N–H and O–H groups in total. The van der Waals surface area contributed by atoms with E-state index in [1.54, 1.807) is 0 Å². The maximum atomic E-state index is 9.63. The van der Waals surface area contributed by atoms with Gasteiger partial charge in [0.25, 0.3) is 0 Å². The summed E-state index contributed by atoms with van der Waals surface area (Å²) in [5.41, 5.74) is 0. The van der Waals surface area contributed by atoms with Crippen LogP contribution in [0.25, 0.3) is 0 Å². The monoisotopic (exact) mass is 245 g/mol. The van der Waals surface area contributed by atoms with Gasteiger partial charge in [-0.1, -0.05) is 0 Å². The molecule has 12 heavy (non-hydrogen) atoms. The van der Waals surface area contributed by atoms with Gasteiger partial charge in [-0.05, 0) is 0 Å². The van der Waals surface area contributed by atoms with Gasteiger partial charge in [-0.2, -0.15) is 4.31 Å². The van der Waals surface area contributed by atoms with Crippen LogP contribution in [0.3, 0.4) is 0 Å². The first-order valence-electron chi connectivity index (χ1n) is 1.53. The molecule has 7 nitrogen and oxygen atoms in total. The van der Waals surface area contributed by atoms with Crippen LogP contribution in [-0.2, 0) is 32.0 Å². The van der Waals surface area contributed by atoms with Crippen molar-refractivity contribution in [3.8, 4) is 0 Å². The van der Waals surface area contributed by atoms with Crippen molar-refractivity contribution in [1.29, 1.82) is 0 Å². The number of hydrogen-bond acceptors (Lipinski definition) is 3. The minimum absolute atomic E-state index is 0. The number of phosphoric acid groups is 2. The van der Waals surface area contributed by atoms with Crippen molar-refractivity contribution >= 4 is 15.6 Å². The van der Waals surface area contributed by atoms with Crippen molar-refractivity contribution in [2.24, 2.45) is 0 Å². The third kappa shape index (κ3) is 22.7. The van der Waals surface area contributed by atoms with Gasteiger partial charge >= 0.3 is 53.4 Å². The molecule has 0 aromatic heterocycles. The molecule has 0 saturated carbocycles. The van der Waals surface area contributed by atoms with Crippen LogP contribution < -0.4 is 37.7 Å². The third-order valence-corrected chi connectivity index (χ3v) is 1.91.